The van der Waals surface area contributed by atoms with Gasteiger partial charge in [-0.3, -0.25) is 9.78 Å². The molecule has 2 aromatic rings. The summed E-state index contributed by atoms with van der Waals surface area (Å²) < 4.78 is 1.60. The van der Waals surface area contributed by atoms with Crippen molar-refractivity contribution in [2.45, 2.75) is 19.9 Å². The number of aryl methyl sites for hydroxylation is 2. The second-order valence-corrected chi connectivity index (χ2v) is 3.99. The summed E-state index contributed by atoms with van der Waals surface area (Å²) in [4.78, 5) is 14.9. The lowest BCUT2D eigenvalue weighted by atomic mass is 10.2. The average molecular weight is 244 g/mol. The summed E-state index contributed by atoms with van der Waals surface area (Å²) in [5, 5.41) is 12.8. The van der Waals surface area contributed by atoms with Gasteiger partial charge in [-0.05, 0) is 24.2 Å². The highest BCUT2D eigenvalue weighted by Gasteiger charge is 2.07. The first-order valence-corrected chi connectivity index (χ1v) is 5.67. The molecule has 0 aliphatic carbocycles. The maximum atomic E-state index is 10.4. The number of pyridine rings is 1. The highest BCUT2D eigenvalue weighted by atomic mass is 16.4. The fraction of sp³-hybridized carbons (Fsp3) is 0.231. The smallest absolute Gasteiger partial charge is 0.309 e. The summed E-state index contributed by atoms with van der Waals surface area (Å²) in [6.45, 7) is 2.31. The molecule has 1 N–H and O–H groups in total. The number of carbonyl (C=O) groups is 1. The van der Waals surface area contributed by atoms with E-state index in [0.29, 0.717) is 6.54 Å². The van der Waals surface area contributed by atoms with Gasteiger partial charge in [0.25, 0.3) is 0 Å². The number of carboxylic acid groups (broad SMARTS) is 1. The molecular formula is C13H14N3O2+. The molecule has 2 rings (SSSR count). The molecule has 0 aromatic carbocycles. The van der Waals surface area contributed by atoms with Gasteiger partial charge in [-0.1, -0.05) is 10.7 Å². The molecule has 0 spiro atoms. The Labute approximate surface area is 105 Å². The van der Waals surface area contributed by atoms with Gasteiger partial charge in [-0.2, -0.15) is 0 Å². The van der Waals surface area contributed by atoms with Crippen LogP contribution in [-0.2, 0) is 11.3 Å². The summed E-state index contributed by atoms with van der Waals surface area (Å²) >= 11 is 0. The van der Waals surface area contributed by atoms with Crippen LogP contribution in [0.3, 0.4) is 0 Å². The molecule has 0 fully saturated rings. The third-order valence-electron chi connectivity index (χ3n) is 2.51. The molecule has 0 aliphatic heterocycles. The molecule has 0 saturated carbocycles. The van der Waals surface area contributed by atoms with Crippen molar-refractivity contribution in [3.8, 4) is 11.3 Å². The van der Waals surface area contributed by atoms with Crippen molar-refractivity contribution in [1.82, 2.24) is 10.1 Å². The molecule has 0 radical (unpaired) electrons. The number of aromatic nitrogens is 3. The SMILES string of the molecule is Cc1cccc(-c2cc[n+](CCC(=O)O)nc2)n1. The molecule has 18 heavy (non-hydrogen) atoms. The van der Waals surface area contributed by atoms with Gasteiger partial charge in [0.15, 0.2) is 12.7 Å². The van der Waals surface area contributed by atoms with Crippen molar-refractivity contribution in [1.29, 1.82) is 0 Å². The predicted molar refractivity (Wildman–Crippen MR) is 64.7 cm³/mol. The Kier molecular flexibility index (Phi) is 3.62. The Hall–Kier alpha value is -2.30. The largest absolute Gasteiger partial charge is 0.481 e. The zero-order valence-corrected chi connectivity index (χ0v) is 10.1. The Balaban J connectivity index is 2.14. The van der Waals surface area contributed by atoms with Crippen molar-refractivity contribution >= 4 is 5.97 Å². The standard InChI is InChI=1S/C13H13N3O2/c1-10-3-2-4-12(15-10)11-5-7-16(14-9-11)8-6-13(17)18/h2-5,7,9H,6,8H2,1H3/p+1. The maximum Gasteiger partial charge on any atom is 0.309 e. The van der Waals surface area contributed by atoms with Gasteiger partial charge >= 0.3 is 5.97 Å². The van der Waals surface area contributed by atoms with Crippen molar-refractivity contribution < 1.29 is 14.6 Å². The molecule has 0 atom stereocenters. The van der Waals surface area contributed by atoms with Crippen LogP contribution in [0.2, 0.25) is 0 Å². The zero-order chi connectivity index (χ0) is 13.0. The van der Waals surface area contributed by atoms with Crippen LogP contribution in [0.4, 0.5) is 0 Å². The van der Waals surface area contributed by atoms with Crippen LogP contribution in [-0.4, -0.2) is 21.2 Å². The van der Waals surface area contributed by atoms with E-state index in [1.165, 1.54) is 0 Å². The van der Waals surface area contributed by atoms with Crippen LogP contribution < -0.4 is 4.68 Å². The van der Waals surface area contributed by atoms with Gasteiger partial charge in [0, 0.05) is 17.3 Å². The van der Waals surface area contributed by atoms with E-state index in [0.717, 1.165) is 17.0 Å². The Morgan fingerprint density at radius 1 is 1.39 bits per heavy atom. The maximum absolute atomic E-state index is 10.4. The minimum atomic E-state index is -0.825. The van der Waals surface area contributed by atoms with E-state index in [1.807, 2.05) is 31.2 Å². The molecule has 5 nitrogen and oxygen atoms in total. The molecule has 0 aliphatic rings. The van der Waals surface area contributed by atoms with Crippen molar-refractivity contribution in [3.05, 3.63) is 42.4 Å². The molecule has 0 unspecified atom stereocenters. The van der Waals surface area contributed by atoms with Crippen LogP contribution in [0.15, 0.2) is 36.7 Å². The average Bonchev–Trinajstić information content (AvgIpc) is 2.37. The molecule has 5 heteroatoms. The Bertz CT molecular complexity index is 552. The van der Waals surface area contributed by atoms with E-state index in [2.05, 4.69) is 10.1 Å². The third-order valence-corrected chi connectivity index (χ3v) is 2.51. The number of hydrogen-bond donors (Lipinski definition) is 1. The predicted octanol–water partition coefficient (Wildman–Crippen LogP) is 1.21. The van der Waals surface area contributed by atoms with Gasteiger partial charge in [0.1, 0.15) is 12.6 Å². The topological polar surface area (TPSA) is 67.0 Å². The molecule has 2 heterocycles. The van der Waals surface area contributed by atoms with E-state index in [-0.39, 0.29) is 6.42 Å². The fourth-order valence-corrected chi connectivity index (χ4v) is 1.58. The number of aliphatic carboxylic acids is 1. The lowest BCUT2D eigenvalue weighted by Crippen LogP contribution is -2.38. The number of carboxylic acids is 1. The summed E-state index contributed by atoms with van der Waals surface area (Å²) in [6, 6.07) is 7.69. The highest BCUT2D eigenvalue weighted by molar-refractivity contribution is 5.66. The van der Waals surface area contributed by atoms with E-state index in [9.17, 15) is 4.79 Å². The van der Waals surface area contributed by atoms with Gasteiger partial charge < -0.3 is 5.11 Å². The Morgan fingerprint density at radius 3 is 2.83 bits per heavy atom. The quantitative estimate of drug-likeness (QED) is 0.821. The molecular weight excluding hydrogens is 230 g/mol. The molecule has 2 aromatic heterocycles. The third kappa shape index (κ3) is 3.10. The zero-order valence-electron chi connectivity index (χ0n) is 10.1. The fourth-order valence-electron chi connectivity index (χ4n) is 1.58. The van der Waals surface area contributed by atoms with Crippen molar-refractivity contribution in [3.63, 3.8) is 0 Å². The van der Waals surface area contributed by atoms with Gasteiger partial charge in [0.05, 0.1) is 5.69 Å². The van der Waals surface area contributed by atoms with Crippen LogP contribution in [0.5, 0.6) is 0 Å². The van der Waals surface area contributed by atoms with Crippen LogP contribution in [0.1, 0.15) is 12.1 Å². The summed E-state index contributed by atoms with van der Waals surface area (Å²) in [7, 11) is 0. The summed E-state index contributed by atoms with van der Waals surface area (Å²) in [5.41, 5.74) is 2.74. The second kappa shape index (κ2) is 5.35. The Morgan fingerprint density at radius 2 is 2.22 bits per heavy atom. The first kappa shape index (κ1) is 12.2. The van der Waals surface area contributed by atoms with Crippen molar-refractivity contribution in [2.24, 2.45) is 0 Å². The minimum Gasteiger partial charge on any atom is -0.481 e. The minimum absolute atomic E-state index is 0.0692. The van der Waals surface area contributed by atoms with E-state index >= 15 is 0 Å². The van der Waals surface area contributed by atoms with E-state index in [4.69, 9.17) is 5.11 Å². The van der Waals surface area contributed by atoms with Crippen LogP contribution >= 0.6 is 0 Å². The molecule has 0 saturated heterocycles. The lowest BCUT2D eigenvalue weighted by Gasteiger charge is -2.00. The number of nitrogens with zero attached hydrogens (tertiary/aromatic N) is 3. The lowest BCUT2D eigenvalue weighted by molar-refractivity contribution is -0.752. The first-order valence-electron chi connectivity index (χ1n) is 5.67. The number of hydrogen-bond acceptors (Lipinski definition) is 3. The normalized spacial score (nSPS) is 10.3. The van der Waals surface area contributed by atoms with Crippen LogP contribution in [0, 0.1) is 6.92 Å². The van der Waals surface area contributed by atoms with Crippen LogP contribution in [0.25, 0.3) is 11.3 Å². The van der Waals surface area contributed by atoms with E-state index < -0.39 is 5.97 Å². The summed E-state index contributed by atoms with van der Waals surface area (Å²) in [5.74, 6) is -0.825. The van der Waals surface area contributed by atoms with Crippen molar-refractivity contribution in [2.75, 3.05) is 0 Å². The number of rotatable bonds is 4. The van der Waals surface area contributed by atoms with E-state index in [1.54, 1.807) is 17.1 Å². The molecule has 92 valence electrons. The van der Waals surface area contributed by atoms with Gasteiger partial charge in [-0.25, -0.2) is 0 Å². The summed E-state index contributed by atoms with van der Waals surface area (Å²) in [6.07, 6.45) is 3.53. The molecule has 0 bridgehead atoms. The highest BCUT2D eigenvalue weighted by Crippen LogP contribution is 2.14. The monoisotopic (exact) mass is 244 g/mol. The molecule has 0 amide bonds. The van der Waals surface area contributed by atoms with Gasteiger partial charge in [0.2, 0.25) is 0 Å². The van der Waals surface area contributed by atoms with Gasteiger partial charge in [-0.15, -0.1) is 0 Å². The second-order valence-electron chi connectivity index (χ2n) is 3.99. The first-order chi connectivity index (χ1) is 8.65.